The van der Waals surface area contributed by atoms with Crippen molar-refractivity contribution in [1.29, 1.82) is 0 Å². The Hall–Kier alpha value is -3.45. The van der Waals surface area contributed by atoms with E-state index in [1.165, 1.54) is 14.0 Å². The average Bonchev–Trinajstić information content (AvgIpc) is 3.18. The zero-order valence-corrected chi connectivity index (χ0v) is 18.1. The van der Waals surface area contributed by atoms with Gasteiger partial charge in [-0.25, -0.2) is 0 Å². The van der Waals surface area contributed by atoms with Gasteiger partial charge in [0.2, 0.25) is 0 Å². The first-order valence-corrected chi connectivity index (χ1v) is 10.1. The average molecular weight is 421 g/mol. The van der Waals surface area contributed by atoms with Crippen LogP contribution in [-0.2, 0) is 0 Å². The number of aliphatic hydroxyl groups is 1. The van der Waals surface area contributed by atoms with Crippen molar-refractivity contribution in [1.82, 2.24) is 15.5 Å². The number of methoxy groups -OCH3 is 1. The number of benzene rings is 2. The Morgan fingerprint density at radius 3 is 2.45 bits per heavy atom. The number of rotatable bonds is 8. The maximum absolute atomic E-state index is 12.9. The monoisotopic (exact) mass is 421 g/mol. The number of fused-ring (bicyclic) bond motifs is 1. The van der Waals surface area contributed by atoms with Gasteiger partial charge in [-0.2, -0.15) is 5.10 Å². The molecule has 2 aromatic carbocycles. The Balaban J connectivity index is 1.96. The highest BCUT2D eigenvalue weighted by Crippen LogP contribution is 2.32. The van der Waals surface area contributed by atoms with E-state index < -0.39 is 0 Å². The topological polar surface area (TPSA) is 104 Å². The summed E-state index contributed by atoms with van der Waals surface area (Å²) >= 11 is 0. The van der Waals surface area contributed by atoms with E-state index in [0.29, 0.717) is 28.0 Å². The number of aliphatic hydroxyl groups excluding tert-OH is 1. The van der Waals surface area contributed by atoms with Crippen molar-refractivity contribution in [2.24, 2.45) is 5.92 Å². The first kappa shape index (κ1) is 22.2. The van der Waals surface area contributed by atoms with Gasteiger partial charge in [0.15, 0.2) is 5.78 Å². The number of ketones is 1. The van der Waals surface area contributed by atoms with Gasteiger partial charge < -0.3 is 15.2 Å². The van der Waals surface area contributed by atoms with E-state index in [1.54, 1.807) is 24.3 Å². The van der Waals surface area contributed by atoms with Gasteiger partial charge in [0.25, 0.3) is 5.91 Å². The minimum Gasteiger partial charge on any atom is -0.495 e. The van der Waals surface area contributed by atoms with E-state index in [9.17, 15) is 14.7 Å². The van der Waals surface area contributed by atoms with Gasteiger partial charge in [-0.15, -0.1) is 0 Å². The third-order valence-corrected chi connectivity index (χ3v) is 5.23. The molecule has 3 rings (SSSR count). The zero-order valence-electron chi connectivity index (χ0n) is 18.1. The van der Waals surface area contributed by atoms with Crippen LogP contribution in [0.3, 0.4) is 0 Å². The molecule has 1 heterocycles. The smallest absolute Gasteiger partial charge is 0.255 e. The Morgan fingerprint density at radius 1 is 1.16 bits per heavy atom. The lowest BCUT2D eigenvalue weighted by atomic mass is 10.0. The van der Waals surface area contributed by atoms with E-state index in [0.717, 1.165) is 11.1 Å². The standard InChI is InChI=1S/C24H27N3O4/c1-14(2)21(13-28)25-24(30)18-10-12-20-22(23(18)31-4)19(26-27-20)11-7-16-5-8-17(9-6-16)15(3)29/h5-12,14,21,28H,13H2,1-4H3,(H,25,30)(H,26,27)/b11-7+. The second-order valence-electron chi connectivity index (χ2n) is 7.70. The summed E-state index contributed by atoms with van der Waals surface area (Å²) in [4.78, 5) is 24.3. The highest BCUT2D eigenvalue weighted by atomic mass is 16.5. The number of amides is 1. The number of nitrogens with one attached hydrogen (secondary N) is 2. The fourth-order valence-electron chi connectivity index (χ4n) is 3.29. The molecule has 0 bridgehead atoms. The van der Waals surface area contributed by atoms with Gasteiger partial charge in [-0.3, -0.25) is 14.7 Å². The fraction of sp³-hybridized carbons (Fsp3) is 0.292. The highest BCUT2D eigenvalue weighted by molar-refractivity contribution is 6.05. The second-order valence-corrected chi connectivity index (χ2v) is 7.70. The highest BCUT2D eigenvalue weighted by Gasteiger charge is 2.22. The lowest BCUT2D eigenvalue weighted by Crippen LogP contribution is -2.41. The van der Waals surface area contributed by atoms with Crippen molar-refractivity contribution in [2.75, 3.05) is 13.7 Å². The summed E-state index contributed by atoms with van der Waals surface area (Å²) in [6, 6.07) is 10.4. The molecule has 0 saturated heterocycles. The van der Waals surface area contributed by atoms with Crippen molar-refractivity contribution in [2.45, 2.75) is 26.8 Å². The molecule has 1 atom stereocenters. The summed E-state index contributed by atoms with van der Waals surface area (Å²) in [5.74, 6) is 0.203. The van der Waals surface area contributed by atoms with Crippen molar-refractivity contribution in [3.63, 3.8) is 0 Å². The maximum Gasteiger partial charge on any atom is 0.255 e. The quantitative estimate of drug-likeness (QED) is 0.481. The van der Waals surface area contributed by atoms with E-state index in [4.69, 9.17) is 4.74 Å². The Bertz CT molecular complexity index is 1110. The normalized spacial score (nSPS) is 12.5. The molecule has 31 heavy (non-hydrogen) atoms. The van der Waals surface area contributed by atoms with Crippen LogP contribution in [-0.4, -0.2) is 46.8 Å². The van der Waals surface area contributed by atoms with Crippen LogP contribution in [0.1, 0.15) is 52.7 Å². The summed E-state index contributed by atoms with van der Waals surface area (Å²) in [5.41, 5.74) is 3.30. The number of aromatic nitrogens is 2. The predicted molar refractivity (Wildman–Crippen MR) is 121 cm³/mol. The van der Waals surface area contributed by atoms with E-state index in [1.807, 2.05) is 38.1 Å². The van der Waals surface area contributed by atoms with Crippen LogP contribution in [0, 0.1) is 5.92 Å². The molecule has 0 spiro atoms. The number of carbonyl (C=O) groups is 2. The van der Waals surface area contributed by atoms with Gasteiger partial charge in [0.05, 0.1) is 41.9 Å². The Labute approximate surface area is 181 Å². The van der Waals surface area contributed by atoms with Crippen LogP contribution in [0.15, 0.2) is 36.4 Å². The van der Waals surface area contributed by atoms with Gasteiger partial charge in [0.1, 0.15) is 5.75 Å². The van der Waals surface area contributed by atoms with Gasteiger partial charge in [0, 0.05) is 5.56 Å². The van der Waals surface area contributed by atoms with E-state index >= 15 is 0 Å². The number of Topliss-reactive ketones (excluding diaryl/α,β-unsaturated/α-hetero) is 1. The zero-order chi connectivity index (χ0) is 22.5. The fourth-order valence-corrected chi connectivity index (χ4v) is 3.29. The number of hydrogen-bond acceptors (Lipinski definition) is 5. The third-order valence-electron chi connectivity index (χ3n) is 5.23. The van der Waals surface area contributed by atoms with Crippen molar-refractivity contribution in [3.8, 4) is 5.75 Å². The molecule has 1 unspecified atom stereocenters. The molecule has 0 aliphatic rings. The first-order chi connectivity index (χ1) is 14.8. The van der Waals surface area contributed by atoms with Crippen LogP contribution in [0.5, 0.6) is 5.75 Å². The molecule has 3 aromatic rings. The molecule has 0 aliphatic carbocycles. The van der Waals surface area contributed by atoms with Gasteiger partial charge in [-0.05, 0) is 36.6 Å². The number of ether oxygens (including phenoxy) is 1. The Morgan fingerprint density at radius 2 is 1.87 bits per heavy atom. The van der Waals surface area contributed by atoms with Crippen LogP contribution >= 0.6 is 0 Å². The number of carbonyl (C=O) groups excluding carboxylic acids is 2. The predicted octanol–water partition coefficient (Wildman–Crippen LogP) is 3.69. The molecule has 7 heteroatoms. The van der Waals surface area contributed by atoms with Crippen molar-refractivity contribution < 1.29 is 19.4 Å². The summed E-state index contributed by atoms with van der Waals surface area (Å²) in [6.07, 6.45) is 3.71. The molecule has 1 amide bonds. The molecule has 0 saturated carbocycles. The lowest BCUT2D eigenvalue weighted by molar-refractivity contribution is 0.0893. The van der Waals surface area contributed by atoms with Crippen LogP contribution < -0.4 is 10.1 Å². The van der Waals surface area contributed by atoms with Crippen LogP contribution in [0.4, 0.5) is 0 Å². The molecule has 7 nitrogen and oxygen atoms in total. The minimum absolute atomic E-state index is 0.0188. The number of nitrogens with zero attached hydrogens (tertiary/aromatic N) is 1. The number of H-pyrrole nitrogens is 1. The second kappa shape index (κ2) is 9.57. The molecular weight excluding hydrogens is 394 g/mol. The SMILES string of the molecule is COc1c(C(=O)NC(CO)C(C)C)ccc2[nH]nc(/C=C/c3ccc(C(C)=O)cc3)c12. The molecule has 0 radical (unpaired) electrons. The summed E-state index contributed by atoms with van der Waals surface area (Å²) in [6.45, 7) is 5.26. The lowest BCUT2D eigenvalue weighted by Gasteiger charge is -2.20. The Kier molecular flexibility index (Phi) is 6.87. The summed E-state index contributed by atoms with van der Waals surface area (Å²) < 4.78 is 5.59. The van der Waals surface area contributed by atoms with Crippen molar-refractivity contribution in [3.05, 3.63) is 58.8 Å². The molecule has 162 valence electrons. The van der Waals surface area contributed by atoms with Crippen LogP contribution in [0.2, 0.25) is 0 Å². The number of aromatic amines is 1. The third kappa shape index (κ3) is 4.83. The van der Waals surface area contributed by atoms with Crippen molar-refractivity contribution >= 4 is 34.7 Å². The maximum atomic E-state index is 12.9. The summed E-state index contributed by atoms with van der Waals surface area (Å²) in [7, 11) is 1.51. The van der Waals surface area contributed by atoms with E-state index in [-0.39, 0.29) is 30.3 Å². The first-order valence-electron chi connectivity index (χ1n) is 10.1. The number of hydrogen-bond donors (Lipinski definition) is 3. The largest absolute Gasteiger partial charge is 0.495 e. The summed E-state index contributed by atoms with van der Waals surface area (Å²) in [5, 5.41) is 20.4. The molecule has 0 fully saturated rings. The molecular formula is C24H27N3O4. The minimum atomic E-state index is -0.352. The van der Waals surface area contributed by atoms with E-state index in [2.05, 4.69) is 15.5 Å². The van der Waals surface area contributed by atoms with Gasteiger partial charge in [-0.1, -0.05) is 44.2 Å². The van der Waals surface area contributed by atoms with Gasteiger partial charge >= 0.3 is 0 Å². The molecule has 1 aromatic heterocycles. The van der Waals surface area contributed by atoms with Crippen LogP contribution in [0.25, 0.3) is 23.1 Å². The molecule has 3 N–H and O–H groups in total. The molecule has 0 aliphatic heterocycles.